The van der Waals surface area contributed by atoms with Gasteiger partial charge >= 0.3 is 0 Å². The molecular formula is C31H50N2O2. The summed E-state index contributed by atoms with van der Waals surface area (Å²) in [7, 11) is 0. The summed E-state index contributed by atoms with van der Waals surface area (Å²) in [5.41, 5.74) is 2.37. The molecule has 0 radical (unpaired) electrons. The van der Waals surface area contributed by atoms with Gasteiger partial charge in [-0.05, 0) is 111 Å². The summed E-state index contributed by atoms with van der Waals surface area (Å²) in [4.78, 5) is 17.8. The molecule has 1 heterocycles. The highest BCUT2D eigenvalue weighted by Crippen LogP contribution is 2.67. The van der Waals surface area contributed by atoms with Crippen LogP contribution >= 0.6 is 0 Å². The van der Waals surface area contributed by atoms with Crippen LogP contribution in [-0.4, -0.2) is 59.1 Å². The Balaban J connectivity index is 1.07. The topological polar surface area (TPSA) is 43.8 Å². The molecule has 1 unspecified atom stereocenters. The molecule has 0 aromatic carbocycles. The Labute approximate surface area is 213 Å². The van der Waals surface area contributed by atoms with Crippen LogP contribution in [0, 0.1) is 40.4 Å². The number of hydrogen-bond donors (Lipinski definition) is 1. The van der Waals surface area contributed by atoms with Crippen LogP contribution < -0.4 is 0 Å². The second kappa shape index (κ2) is 9.15. The normalized spacial score (nSPS) is 44.7. The molecule has 0 spiro atoms. The molecule has 1 amide bonds. The van der Waals surface area contributed by atoms with Crippen molar-refractivity contribution in [1.29, 1.82) is 0 Å². The molecule has 8 atom stereocenters. The Hall–Kier alpha value is -0.870. The predicted octanol–water partition coefficient (Wildman–Crippen LogP) is 5.65. The maximum atomic E-state index is 13.0. The molecule has 5 aliphatic carbocycles. The fraction of sp³-hybridized carbons (Fsp3) is 0.903. The number of carbonyl (C=O) groups excluding carboxylic acids is 1. The lowest BCUT2D eigenvalue weighted by Crippen LogP contribution is -2.51. The summed E-state index contributed by atoms with van der Waals surface area (Å²) >= 11 is 0. The number of amides is 1. The maximum Gasteiger partial charge on any atom is 0.222 e. The number of carbonyl (C=O) groups is 1. The molecule has 4 nitrogen and oxygen atoms in total. The lowest BCUT2D eigenvalue weighted by Gasteiger charge is -2.58. The Kier molecular flexibility index (Phi) is 6.40. The largest absolute Gasteiger partial charge is 0.393 e. The van der Waals surface area contributed by atoms with Gasteiger partial charge in [0, 0.05) is 38.6 Å². The van der Waals surface area contributed by atoms with Gasteiger partial charge in [-0.15, -0.1) is 0 Å². The minimum absolute atomic E-state index is 0.110. The molecule has 1 aliphatic heterocycles. The van der Waals surface area contributed by atoms with E-state index in [1.807, 2.05) is 0 Å². The first-order valence-electron chi connectivity index (χ1n) is 15.2. The molecule has 6 rings (SSSR count). The third kappa shape index (κ3) is 4.23. The first-order chi connectivity index (χ1) is 16.8. The van der Waals surface area contributed by atoms with Gasteiger partial charge in [0.15, 0.2) is 0 Å². The van der Waals surface area contributed by atoms with E-state index in [-0.39, 0.29) is 6.10 Å². The van der Waals surface area contributed by atoms with E-state index in [1.165, 1.54) is 51.4 Å². The van der Waals surface area contributed by atoms with Crippen LogP contribution in [0.25, 0.3) is 0 Å². The molecule has 4 heteroatoms. The average Bonchev–Trinajstić information content (AvgIpc) is 3.64. The molecular weight excluding hydrogens is 432 g/mol. The van der Waals surface area contributed by atoms with Crippen molar-refractivity contribution >= 4 is 5.91 Å². The molecule has 4 saturated carbocycles. The number of hydrogen-bond acceptors (Lipinski definition) is 3. The van der Waals surface area contributed by atoms with Gasteiger partial charge in [0.25, 0.3) is 0 Å². The van der Waals surface area contributed by atoms with E-state index in [0.717, 1.165) is 81.6 Å². The van der Waals surface area contributed by atoms with Crippen LogP contribution in [0.1, 0.15) is 97.8 Å². The molecule has 1 saturated heterocycles. The molecule has 5 fully saturated rings. The Morgan fingerprint density at radius 2 is 1.80 bits per heavy atom. The maximum absolute atomic E-state index is 13.0. The summed E-state index contributed by atoms with van der Waals surface area (Å²) < 4.78 is 0. The van der Waals surface area contributed by atoms with E-state index in [9.17, 15) is 9.90 Å². The van der Waals surface area contributed by atoms with Crippen molar-refractivity contribution in [2.24, 2.45) is 40.4 Å². The Morgan fingerprint density at radius 1 is 1.03 bits per heavy atom. The second-order valence-electron chi connectivity index (χ2n) is 14.0. The second-order valence-corrected chi connectivity index (χ2v) is 14.0. The van der Waals surface area contributed by atoms with Crippen LogP contribution in [0.4, 0.5) is 0 Å². The number of rotatable bonds is 5. The van der Waals surface area contributed by atoms with Crippen LogP contribution in [0.3, 0.4) is 0 Å². The van der Waals surface area contributed by atoms with E-state index in [2.05, 4.69) is 36.6 Å². The van der Waals surface area contributed by atoms with Gasteiger partial charge in [-0.2, -0.15) is 0 Å². The summed E-state index contributed by atoms with van der Waals surface area (Å²) in [6, 6.07) is 0.831. The van der Waals surface area contributed by atoms with Gasteiger partial charge in [-0.3, -0.25) is 9.69 Å². The molecule has 0 bridgehead atoms. The van der Waals surface area contributed by atoms with Crippen molar-refractivity contribution in [1.82, 2.24) is 9.80 Å². The highest BCUT2D eigenvalue weighted by molar-refractivity contribution is 5.76. The zero-order valence-corrected chi connectivity index (χ0v) is 22.7. The van der Waals surface area contributed by atoms with Crippen molar-refractivity contribution in [3.05, 3.63) is 11.6 Å². The van der Waals surface area contributed by atoms with Crippen LogP contribution in [-0.2, 0) is 4.79 Å². The van der Waals surface area contributed by atoms with Crippen molar-refractivity contribution in [3.63, 3.8) is 0 Å². The first kappa shape index (κ1) is 24.5. The smallest absolute Gasteiger partial charge is 0.222 e. The fourth-order valence-corrected chi connectivity index (χ4v) is 10.1. The van der Waals surface area contributed by atoms with Crippen LogP contribution in [0.2, 0.25) is 0 Å². The molecule has 0 aromatic heterocycles. The van der Waals surface area contributed by atoms with Gasteiger partial charge < -0.3 is 10.0 Å². The minimum Gasteiger partial charge on any atom is -0.393 e. The van der Waals surface area contributed by atoms with Gasteiger partial charge in [-0.25, -0.2) is 0 Å². The summed E-state index contributed by atoms with van der Waals surface area (Å²) in [5.74, 6) is 4.33. The number of aliphatic hydroxyl groups is 1. The number of aliphatic hydroxyl groups excluding tert-OH is 1. The lowest BCUT2D eigenvalue weighted by molar-refractivity contribution is -0.133. The molecule has 1 N–H and O–H groups in total. The van der Waals surface area contributed by atoms with Crippen molar-refractivity contribution in [3.8, 4) is 0 Å². The van der Waals surface area contributed by atoms with Gasteiger partial charge in [0.2, 0.25) is 5.91 Å². The van der Waals surface area contributed by atoms with Crippen LogP contribution in [0.5, 0.6) is 0 Å². The molecule has 6 aliphatic rings. The number of allylic oxidation sites excluding steroid dienone is 1. The Morgan fingerprint density at radius 3 is 2.54 bits per heavy atom. The monoisotopic (exact) mass is 482 g/mol. The molecule has 35 heavy (non-hydrogen) atoms. The van der Waals surface area contributed by atoms with E-state index in [4.69, 9.17) is 0 Å². The zero-order chi connectivity index (χ0) is 24.4. The molecule has 196 valence electrons. The average molecular weight is 483 g/mol. The Bertz CT molecular complexity index is 843. The number of piperazine rings is 1. The first-order valence-corrected chi connectivity index (χ1v) is 15.2. The van der Waals surface area contributed by atoms with E-state index in [1.54, 1.807) is 5.57 Å². The molecule has 0 aromatic rings. The predicted molar refractivity (Wildman–Crippen MR) is 141 cm³/mol. The minimum atomic E-state index is -0.110. The summed E-state index contributed by atoms with van der Waals surface area (Å²) in [6.07, 6.45) is 16.9. The quantitative estimate of drug-likeness (QED) is 0.515. The summed E-state index contributed by atoms with van der Waals surface area (Å²) in [6.45, 7) is 11.7. The standard InChI is InChI=1S/C31H50N2O2/c1-21(4-11-29(35)33-18-16-32(17-19-33)23-6-7-23)26-9-10-27-25-8-5-22-20-24(34)12-14-30(22,2)28(25)13-15-31(26,27)3/h5,21,23-28,34H,4,6-20H2,1-3H3/t21?,24-,25-,26+,27-,28-,30-,31+/m0/s1. The highest BCUT2D eigenvalue weighted by Gasteiger charge is 2.59. The van der Waals surface area contributed by atoms with Crippen LogP contribution in [0.15, 0.2) is 11.6 Å². The fourth-order valence-electron chi connectivity index (χ4n) is 10.1. The van der Waals surface area contributed by atoms with Gasteiger partial charge in [0.1, 0.15) is 0 Å². The lowest BCUT2D eigenvalue weighted by atomic mass is 9.47. The third-order valence-corrected chi connectivity index (χ3v) is 12.4. The number of nitrogens with zero attached hydrogens (tertiary/aromatic N) is 2. The van der Waals surface area contributed by atoms with Crippen molar-refractivity contribution in [2.45, 2.75) is 110 Å². The van der Waals surface area contributed by atoms with Crippen molar-refractivity contribution in [2.75, 3.05) is 26.2 Å². The van der Waals surface area contributed by atoms with E-state index >= 15 is 0 Å². The summed E-state index contributed by atoms with van der Waals surface area (Å²) in [5, 5.41) is 10.3. The number of fused-ring (bicyclic) bond motifs is 5. The van der Waals surface area contributed by atoms with E-state index in [0.29, 0.717) is 22.7 Å². The SMILES string of the molecule is CC(CCC(=O)N1CCN(C2CC2)CC1)[C@H]1CC[C@H]2[C@@H]3CC=C4C[C@@H](O)CC[C@]4(C)[C@H]3CC[C@]12C. The highest BCUT2D eigenvalue weighted by atomic mass is 16.3. The van der Waals surface area contributed by atoms with Gasteiger partial charge in [0.05, 0.1) is 6.10 Å². The van der Waals surface area contributed by atoms with Gasteiger partial charge in [-0.1, -0.05) is 32.4 Å². The van der Waals surface area contributed by atoms with Crippen molar-refractivity contribution < 1.29 is 9.90 Å². The third-order valence-electron chi connectivity index (χ3n) is 12.4. The van der Waals surface area contributed by atoms with E-state index < -0.39 is 0 Å². The zero-order valence-electron chi connectivity index (χ0n) is 22.7.